The number of para-hydroxylation sites is 2. The lowest BCUT2D eigenvalue weighted by Crippen LogP contribution is -2.22. The molecule has 0 fully saturated rings. The maximum absolute atomic E-state index is 2.38. The zero-order valence-corrected chi connectivity index (χ0v) is 35.6. The Morgan fingerprint density at radius 3 is 1.52 bits per heavy atom. The molecular weight excluding hydrogens is 773 g/mol. The highest BCUT2D eigenvalue weighted by Gasteiger charge is 2.41. The molecule has 2 heteroatoms. The van der Waals surface area contributed by atoms with E-state index >= 15 is 0 Å². The molecule has 2 nitrogen and oxygen atoms in total. The van der Waals surface area contributed by atoms with Crippen LogP contribution in [-0.2, 0) is 5.41 Å². The van der Waals surface area contributed by atoms with Gasteiger partial charge in [0.25, 0.3) is 0 Å². The van der Waals surface area contributed by atoms with Gasteiger partial charge >= 0.3 is 0 Å². The summed E-state index contributed by atoms with van der Waals surface area (Å²) in [6.07, 6.45) is 0. The van der Waals surface area contributed by atoms with Crippen molar-refractivity contribution in [2.75, 3.05) is 4.90 Å². The maximum Gasteiger partial charge on any atom is 0.0541 e. The number of hydrogen-bond donors (Lipinski definition) is 0. The second-order valence-corrected chi connectivity index (χ2v) is 17.0. The molecule has 0 N–H and O–H groups in total. The number of benzene rings is 10. The van der Waals surface area contributed by atoms with Gasteiger partial charge in [-0.05, 0) is 135 Å². The summed E-state index contributed by atoms with van der Waals surface area (Å²) in [5.74, 6) is 0. The Morgan fingerprint density at radius 1 is 0.344 bits per heavy atom. The fourth-order valence-corrected chi connectivity index (χ4v) is 10.3. The number of hydrogen-bond acceptors (Lipinski definition) is 1. The van der Waals surface area contributed by atoms with Gasteiger partial charge in [-0.25, -0.2) is 0 Å². The molecule has 0 bridgehead atoms. The highest BCUT2D eigenvalue weighted by molar-refractivity contribution is 6.10. The summed E-state index contributed by atoms with van der Waals surface area (Å²) in [6, 6.07) is 90.8. The van der Waals surface area contributed by atoms with Crippen LogP contribution in [0.3, 0.4) is 0 Å². The summed E-state index contributed by atoms with van der Waals surface area (Å²) < 4.78 is 2.37. The molecule has 0 saturated carbocycles. The van der Waals surface area contributed by atoms with Gasteiger partial charge in [0, 0.05) is 38.9 Å². The van der Waals surface area contributed by atoms with E-state index in [1.54, 1.807) is 0 Å². The van der Waals surface area contributed by atoms with Gasteiger partial charge in [-0.1, -0.05) is 182 Å². The standard InChI is InChI=1S/C62H44N2/c1-62(48-18-7-3-8-19-48)57-25-13-11-23-55(57)61-53(24-15-26-58(61)62)46-32-39-52(40-33-46)63(50-35-28-44(29-36-50)43-16-5-2-6-17-43)51-37-30-45(31-38-51)47-34-41-60-56(42-47)54-22-12-14-27-59(54)64(60)49-20-9-4-10-21-49/h2-42H,1H3. The normalized spacial score (nSPS) is 14.1. The molecule has 0 aliphatic heterocycles. The minimum atomic E-state index is -0.245. The Balaban J connectivity index is 0.935. The highest BCUT2D eigenvalue weighted by Crippen LogP contribution is 2.55. The molecule has 1 atom stereocenters. The molecule has 1 unspecified atom stereocenters. The van der Waals surface area contributed by atoms with E-state index in [4.69, 9.17) is 0 Å². The molecule has 0 amide bonds. The van der Waals surface area contributed by atoms with Crippen molar-refractivity contribution in [3.63, 3.8) is 0 Å². The molecule has 1 heterocycles. The third-order valence-electron chi connectivity index (χ3n) is 13.5. The van der Waals surface area contributed by atoms with Gasteiger partial charge in [0.05, 0.1) is 11.0 Å². The van der Waals surface area contributed by atoms with Crippen molar-refractivity contribution in [2.45, 2.75) is 12.3 Å². The molecule has 0 radical (unpaired) electrons. The second-order valence-electron chi connectivity index (χ2n) is 17.0. The van der Waals surface area contributed by atoms with Crippen molar-refractivity contribution >= 4 is 38.9 Å². The van der Waals surface area contributed by atoms with Gasteiger partial charge in [-0.2, -0.15) is 0 Å². The van der Waals surface area contributed by atoms with E-state index in [2.05, 4.69) is 265 Å². The monoisotopic (exact) mass is 816 g/mol. The van der Waals surface area contributed by atoms with Crippen LogP contribution in [-0.4, -0.2) is 4.57 Å². The Hall–Kier alpha value is -8.20. The van der Waals surface area contributed by atoms with E-state index in [0.29, 0.717) is 0 Å². The molecular formula is C62H44N2. The van der Waals surface area contributed by atoms with Gasteiger partial charge in [-0.3, -0.25) is 0 Å². The molecule has 0 spiro atoms. The number of nitrogens with zero attached hydrogens (tertiary/aromatic N) is 2. The van der Waals surface area contributed by atoms with Gasteiger partial charge in [0.1, 0.15) is 0 Å². The Kier molecular flexibility index (Phi) is 8.98. The first-order chi connectivity index (χ1) is 31.6. The lowest BCUT2D eigenvalue weighted by atomic mass is 9.74. The van der Waals surface area contributed by atoms with Crippen LogP contribution in [0.1, 0.15) is 23.6 Å². The van der Waals surface area contributed by atoms with Gasteiger partial charge < -0.3 is 9.47 Å². The second kappa shape index (κ2) is 15.3. The van der Waals surface area contributed by atoms with Crippen molar-refractivity contribution in [1.82, 2.24) is 4.57 Å². The largest absolute Gasteiger partial charge is 0.311 e. The van der Waals surface area contributed by atoms with Crippen molar-refractivity contribution in [3.05, 3.63) is 265 Å². The first kappa shape index (κ1) is 37.6. The Bertz CT molecular complexity index is 3460. The molecule has 10 aromatic carbocycles. The van der Waals surface area contributed by atoms with E-state index < -0.39 is 0 Å². The van der Waals surface area contributed by atoms with E-state index in [1.165, 1.54) is 88.7 Å². The summed E-state index contributed by atoms with van der Waals surface area (Å²) in [4.78, 5) is 2.37. The Labute approximate surface area is 374 Å². The number of fused-ring (bicyclic) bond motifs is 6. The Morgan fingerprint density at radius 2 is 0.828 bits per heavy atom. The van der Waals surface area contributed by atoms with Crippen molar-refractivity contribution in [2.24, 2.45) is 0 Å². The van der Waals surface area contributed by atoms with Gasteiger partial charge in [0.2, 0.25) is 0 Å². The van der Waals surface area contributed by atoms with Crippen LogP contribution in [0.25, 0.3) is 72.0 Å². The molecule has 302 valence electrons. The fourth-order valence-electron chi connectivity index (χ4n) is 10.3. The molecule has 1 aliphatic carbocycles. The molecule has 11 aromatic rings. The van der Waals surface area contributed by atoms with Crippen LogP contribution in [0.2, 0.25) is 0 Å². The summed E-state index contributed by atoms with van der Waals surface area (Å²) in [5, 5.41) is 2.50. The molecule has 12 rings (SSSR count). The molecule has 1 aromatic heterocycles. The van der Waals surface area contributed by atoms with E-state index in [9.17, 15) is 0 Å². The fraction of sp³-hybridized carbons (Fsp3) is 0.0323. The summed E-state index contributed by atoms with van der Waals surface area (Å²) in [6.45, 7) is 2.38. The number of anilines is 3. The first-order valence-electron chi connectivity index (χ1n) is 22.2. The van der Waals surface area contributed by atoms with Crippen LogP contribution in [0, 0.1) is 0 Å². The minimum Gasteiger partial charge on any atom is -0.311 e. The maximum atomic E-state index is 2.38. The van der Waals surface area contributed by atoms with Crippen LogP contribution < -0.4 is 4.90 Å². The minimum absolute atomic E-state index is 0.245. The van der Waals surface area contributed by atoms with Crippen molar-refractivity contribution in [1.29, 1.82) is 0 Å². The zero-order chi connectivity index (χ0) is 42.6. The highest BCUT2D eigenvalue weighted by atomic mass is 15.1. The van der Waals surface area contributed by atoms with Crippen LogP contribution in [0.5, 0.6) is 0 Å². The first-order valence-corrected chi connectivity index (χ1v) is 22.2. The summed E-state index contributed by atoms with van der Waals surface area (Å²) in [5.41, 5.74) is 20.5. The smallest absolute Gasteiger partial charge is 0.0541 e. The van der Waals surface area contributed by atoms with Crippen LogP contribution >= 0.6 is 0 Å². The predicted molar refractivity (Wildman–Crippen MR) is 269 cm³/mol. The number of rotatable bonds is 8. The lowest BCUT2D eigenvalue weighted by Gasteiger charge is -2.28. The summed E-state index contributed by atoms with van der Waals surface area (Å²) >= 11 is 0. The van der Waals surface area contributed by atoms with E-state index in [0.717, 1.165) is 17.1 Å². The van der Waals surface area contributed by atoms with Crippen molar-refractivity contribution < 1.29 is 0 Å². The topological polar surface area (TPSA) is 8.17 Å². The average Bonchev–Trinajstić information content (AvgIpc) is 3.85. The van der Waals surface area contributed by atoms with E-state index in [1.807, 2.05) is 0 Å². The SMILES string of the molecule is CC1(c2ccccc2)c2ccccc2-c2c(-c3ccc(N(c4ccc(-c5ccccc5)cc4)c4ccc(-c5ccc6c(c5)c5ccccc5n6-c5ccccc5)cc4)cc3)cccc21. The third-order valence-corrected chi connectivity index (χ3v) is 13.5. The number of aromatic nitrogens is 1. The predicted octanol–water partition coefficient (Wildman–Crippen LogP) is 16.6. The zero-order valence-electron chi connectivity index (χ0n) is 35.6. The van der Waals surface area contributed by atoms with E-state index in [-0.39, 0.29) is 5.41 Å². The molecule has 64 heavy (non-hydrogen) atoms. The van der Waals surface area contributed by atoms with Crippen molar-refractivity contribution in [3.8, 4) is 50.2 Å². The summed E-state index contributed by atoms with van der Waals surface area (Å²) in [7, 11) is 0. The average molecular weight is 817 g/mol. The van der Waals surface area contributed by atoms with Crippen LogP contribution in [0.4, 0.5) is 17.1 Å². The van der Waals surface area contributed by atoms with Gasteiger partial charge in [-0.15, -0.1) is 0 Å². The lowest BCUT2D eigenvalue weighted by molar-refractivity contribution is 0.714. The van der Waals surface area contributed by atoms with Gasteiger partial charge in [0.15, 0.2) is 0 Å². The molecule has 1 aliphatic rings. The molecule has 0 saturated heterocycles. The third kappa shape index (κ3) is 6.10. The quantitative estimate of drug-likeness (QED) is 0.148. The van der Waals surface area contributed by atoms with Crippen LogP contribution in [0.15, 0.2) is 249 Å².